The van der Waals surface area contributed by atoms with Gasteiger partial charge in [0.25, 0.3) is 0 Å². The number of halogens is 5. The quantitative estimate of drug-likeness (QED) is 0.735. The van der Waals surface area contributed by atoms with E-state index in [1.165, 1.54) is 0 Å². The van der Waals surface area contributed by atoms with E-state index >= 15 is 0 Å². The van der Waals surface area contributed by atoms with Crippen molar-refractivity contribution in [3.05, 3.63) is 67.9 Å². The maximum absolute atomic E-state index is 13.7. The van der Waals surface area contributed by atoms with E-state index in [9.17, 15) is 13.2 Å². The Morgan fingerprint density at radius 3 is 2.05 bits per heavy atom. The first kappa shape index (κ1) is 14.6. The van der Waals surface area contributed by atoms with Crippen LogP contribution in [0, 0.1) is 17.5 Å². The fraction of sp³-hybridized carbons (Fsp3) is 0.0769. The average molecular weight is 395 g/mol. The molecule has 0 saturated heterocycles. The van der Waals surface area contributed by atoms with Crippen LogP contribution in [0.4, 0.5) is 13.2 Å². The number of hydrogen-bond donors (Lipinski definition) is 1. The highest BCUT2D eigenvalue weighted by molar-refractivity contribution is 9.11. The SMILES string of the molecule is NC(c1cc(Br)cc(Br)c1)c1ccc(F)c(F)c1F. The molecule has 1 unspecified atom stereocenters. The number of rotatable bonds is 2. The zero-order valence-corrected chi connectivity index (χ0v) is 12.6. The molecule has 0 saturated carbocycles. The van der Waals surface area contributed by atoms with Gasteiger partial charge < -0.3 is 5.73 Å². The van der Waals surface area contributed by atoms with Crippen LogP contribution in [0.1, 0.15) is 17.2 Å². The molecule has 2 rings (SSSR count). The van der Waals surface area contributed by atoms with Gasteiger partial charge >= 0.3 is 0 Å². The Hall–Kier alpha value is -0.850. The molecule has 1 atom stereocenters. The van der Waals surface area contributed by atoms with Gasteiger partial charge in [-0.2, -0.15) is 0 Å². The maximum atomic E-state index is 13.7. The highest BCUT2D eigenvalue weighted by Gasteiger charge is 2.19. The summed E-state index contributed by atoms with van der Waals surface area (Å²) in [6.45, 7) is 0. The van der Waals surface area contributed by atoms with Gasteiger partial charge in [0.2, 0.25) is 0 Å². The summed E-state index contributed by atoms with van der Waals surface area (Å²) in [6.07, 6.45) is 0. The monoisotopic (exact) mass is 393 g/mol. The van der Waals surface area contributed by atoms with Crippen LogP contribution in [0.2, 0.25) is 0 Å². The Bertz CT molecular complexity index is 611. The van der Waals surface area contributed by atoms with Crippen LogP contribution >= 0.6 is 31.9 Å². The zero-order chi connectivity index (χ0) is 14.2. The molecule has 1 nitrogen and oxygen atoms in total. The lowest BCUT2D eigenvalue weighted by Gasteiger charge is -2.15. The summed E-state index contributed by atoms with van der Waals surface area (Å²) in [7, 11) is 0. The topological polar surface area (TPSA) is 26.0 Å². The smallest absolute Gasteiger partial charge is 0.194 e. The summed E-state index contributed by atoms with van der Waals surface area (Å²) < 4.78 is 41.3. The second-order valence-corrected chi connectivity index (χ2v) is 5.78. The summed E-state index contributed by atoms with van der Waals surface area (Å²) in [4.78, 5) is 0. The molecular formula is C13H8Br2F3N. The predicted molar refractivity (Wildman–Crippen MR) is 74.2 cm³/mol. The van der Waals surface area contributed by atoms with E-state index in [1.54, 1.807) is 18.2 Å². The van der Waals surface area contributed by atoms with Gasteiger partial charge in [-0.05, 0) is 29.8 Å². The molecule has 2 N–H and O–H groups in total. The van der Waals surface area contributed by atoms with Crippen molar-refractivity contribution in [3.8, 4) is 0 Å². The highest BCUT2D eigenvalue weighted by Crippen LogP contribution is 2.29. The van der Waals surface area contributed by atoms with E-state index in [2.05, 4.69) is 31.9 Å². The van der Waals surface area contributed by atoms with Gasteiger partial charge in [-0.15, -0.1) is 0 Å². The largest absolute Gasteiger partial charge is 0.320 e. The molecule has 0 bridgehead atoms. The summed E-state index contributed by atoms with van der Waals surface area (Å²) in [5.74, 6) is -4.01. The second-order valence-electron chi connectivity index (χ2n) is 3.95. The van der Waals surface area contributed by atoms with Crippen LogP contribution in [0.15, 0.2) is 39.3 Å². The lowest BCUT2D eigenvalue weighted by molar-refractivity contribution is 0.438. The minimum absolute atomic E-state index is 0.0936. The first-order valence-electron chi connectivity index (χ1n) is 5.25. The molecule has 0 heterocycles. The molecule has 0 aromatic heterocycles. The average Bonchev–Trinajstić information content (AvgIpc) is 2.34. The Labute approximate surface area is 124 Å². The fourth-order valence-corrected chi connectivity index (χ4v) is 3.04. The third-order valence-electron chi connectivity index (χ3n) is 2.64. The summed E-state index contributed by atoms with van der Waals surface area (Å²) in [6, 6.07) is 6.29. The number of nitrogens with two attached hydrogens (primary N) is 1. The van der Waals surface area contributed by atoms with E-state index in [4.69, 9.17) is 5.73 Å². The minimum Gasteiger partial charge on any atom is -0.320 e. The van der Waals surface area contributed by atoms with Crippen LogP contribution in [0.25, 0.3) is 0 Å². The van der Waals surface area contributed by atoms with Crippen molar-refractivity contribution in [2.75, 3.05) is 0 Å². The van der Waals surface area contributed by atoms with Gasteiger partial charge in [-0.3, -0.25) is 0 Å². The van der Waals surface area contributed by atoms with Crippen molar-refractivity contribution in [1.82, 2.24) is 0 Å². The molecule has 0 aliphatic heterocycles. The first-order chi connectivity index (χ1) is 8.90. The van der Waals surface area contributed by atoms with Gasteiger partial charge in [-0.1, -0.05) is 37.9 Å². The van der Waals surface area contributed by atoms with Crippen molar-refractivity contribution in [1.29, 1.82) is 0 Å². The van der Waals surface area contributed by atoms with Gasteiger partial charge in [0.1, 0.15) is 0 Å². The van der Waals surface area contributed by atoms with Gasteiger partial charge in [0, 0.05) is 14.5 Å². The molecule has 0 aliphatic rings. The molecular weight excluding hydrogens is 387 g/mol. The van der Waals surface area contributed by atoms with Crippen molar-refractivity contribution in [3.63, 3.8) is 0 Å². The molecule has 2 aromatic rings. The molecule has 0 amide bonds. The Kier molecular flexibility index (Phi) is 4.32. The molecule has 100 valence electrons. The van der Waals surface area contributed by atoms with Crippen LogP contribution in [0.3, 0.4) is 0 Å². The zero-order valence-electron chi connectivity index (χ0n) is 9.43. The molecule has 0 spiro atoms. The highest BCUT2D eigenvalue weighted by atomic mass is 79.9. The van der Waals surface area contributed by atoms with E-state index in [1.807, 2.05) is 0 Å². The molecule has 0 aliphatic carbocycles. The van der Waals surface area contributed by atoms with Crippen molar-refractivity contribution >= 4 is 31.9 Å². The van der Waals surface area contributed by atoms with E-state index in [0.29, 0.717) is 5.56 Å². The molecule has 19 heavy (non-hydrogen) atoms. The molecule has 0 fully saturated rings. The lowest BCUT2D eigenvalue weighted by atomic mass is 9.99. The molecule has 2 aromatic carbocycles. The van der Waals surface area contributed by atoms with Gasteiger partial charge in [-0.25, -0.2) is 13.2 Å². The summed E-state index contributed by atoms with van der Waals surface area (Å²) in [5, 5.41) is 0. The second kappa shape index (κ2) is 5.64. The number of hydrogen-bond acceptors (Lipinski definition) is 1. The predicted octanol–water partition coefficient (Wildman–Crippen LogP) is 4.68. The Morgan fingerprint density at radius 2 is 1.47 bits per heavy atom. The molecule has 6 heteroatoms. The van der Waals surface area contributed by atoms with Crippen LogP contribution in [-0.2, 0) is 0 Å². The molecule has 0 radical (unpaired) electrons. The first-order valence-corrected chi connectivity index (χ1v) is 6.83. The van der Waals surface area contributed by atoms with Crippen molar-refractivity contribution < 1.29 is 13.2 Å². The van der Waals surface area contributed by atoms with Crippen molar-refractivity contribution in [2.24, 2.45) is 5.73 Å². The van der Waals surface area contributed by atoms with E-state index < -0.39 is 23.5 Å². The maximum Gasteiger partial charge on any atom is 0.194 e. The minimum atomic E-state index is -1.51. The van der Waals surface area contributed by atoms with Crippen LogP contribution in [0.5, 0.6) is 0 Å². The van der Waals surface area contributed by atoms with Gasteiger partial charge in [0.05, 0.1) is 6.04 Å². The number of benzene rings is 2. The Morgan fingerprint density at radius 1 is 0.895 bits per heavy atom. The van der Waals surface area contributed by atoms with Crippen LogP contribution < -0.4 is 5.73 Å². The Balaban J connectivity index is 2.50. The summed E-state index contributed by atoms with van der Waals surface area (Å²) in [5.41, 5.74) is 6.38. The lowest BCUT2D eigenvalue weighted by Crippen LogP contribution is -2.15. The fourth-order valence-electron chi connectivity index (χ4n) is 1.72. The third kappa shape index (κ3) is 3.01. The van der Waals surface area contributed by atoms with Crippen molar-refractivity contribution in [2.45, 2.75) is 6.04 Å². The van der Waals surface area contributed by atoms with E-state index in [-0.39, 0.29) is 5.56 Å². The standard InChI is InChI=1S/C13H8Br2F3N/c14-7-3-6(4-8(15)5-7)13(19)9-1-2-10(16)12(18)11(9)17/h1-5,13H,19H2. The normalized spacial score (nSPS) is 12.5. The van der Waals surface area contributed by atoms with Crippen LogP contribution in [-0.4, -0.2) is 0 Å². The third-order valence-corrected chi connectivity index (χ3v) is 3.56. The van der Waals surface area contributed by atoms with Gasteiger partial charge in [0.15, 0.2) is 17.5 Å². The summed E-state index contributed by atoms with van der Waals surface area (Å²) >= 11 is 6.57. The van der Waals surface area contributed by atoms with E-state index in [0.717, 1.165) is 21.1 Å².